The highest BCUT2D eigenvalue weighted by atomic mass is 16.5. The van der Waals surface area contributed by atoms with Crippen molar-refractivity contribution in [2.75, 3.05) is 0 Å². The minimum atomic E-state index is -0.112. The molecule has 2 aromatic carbocycles. The highest BCUT2D eigenvalue weighted by molar-refractivity contribution is 6.07. The molecule has 0 atom stereocenters. The van der Waals surface area contributed by atoms with Crippen molar-refractivity contribution in [2.45, 2.75) is 6.92 Å². The van der Waals surface area contributed by atoms with E-state index in [2.05, 4.69) is 4.98 Å². The number of aromatic nitrogens is 1. The molecule has 108 valence electrons. The second-order valence-corrected chi connectivity index (χ2v) is 4.99. The number of carbonyl (C=O) groups is 1. The smallest absolute Gasteiger partial charge is 0.211 e. The van der Waals surface area contributed by atoms with Gasteiger partial charge in [-0.05, 0) is 42.8 Å². The minimum Gasteiger partial charge on any atom is -0.457 e. The van der Waals surface area contributed by atoms with Gasteiger partial charge in [-0.25, -0.2) is 0 Å². The molecule has 22 heavy (non-hydrogen) atoms. The molecule has 0 unspecified atom stereocenters. The number of nitrogens with zero attached hydrogens (tertiary/aromatic N) is 1. The van der Waals surface area contributed by atoms with Gasteiger partial charge in [0, 0.05) is 11.8 Å². The lowest BCUT2D eigenvalue weighted by molar-refractivity contribution is 0.103. The second kappa shape index (κ2) is 6.22. The molecule has 3 heteroatoms. The predicted molar refractivity (Wildman–Crippen MR) is 85.4 cm³/mol. The summed E-state index contributed by atoms with van der Waals surface area (Å²) < 4.78 is 5.75. The largest absolute Gasteiger partial charge is 0.457 e. The van der Waals surface area contributed by atoms with E-state index in [1.807, 2.05) is 49.4 Å². The van der Waals surface area contributed by atoms with Crippen molar-refractivity contribution in [3.63, 3.8) is 0 Å². The number of benzene rings is 2. The number of carbonyl (C=O) groups excluding carboxylic acids is 1. The summed E-state index contributed by atoms with van der Waals surface area (Å²) in [6.45, 7) is 1.94. The first kappa shape index (κ1) is 14.0. The van der Waals surface area contributed by atoms with Crippen LogP contribution in [-0.4, -0.2) is 10.8 Å². The third-order valence-electron chi connectivity index (χ3n) is 3.22. The van der Waals surface area contributed by atoms with Crippen molar-refractivity contribution < 1.29 is 9.53 Å². The van der Waals surface area contributed by atoms with Crippen molar-refractivity contribution in [1.29, 1.82) is 0 Å². The summed E-state index contributed by atoms with van der Waals surface area (Å²) in [4.78, 5) is 16.6. The fourth-order valence-electron chi connectivity index (χ4n) is 2.08. The van der Waals surface area contributed by atoms with Gasteiger partial charge in [0.2, 0.25) is 5.78 Å². The van der Waals surface area contributed by atoms with E-state index in [1.54, 1.807) is 30.5 Å². The Labute approximate surface area is 129 Å². The lowest BCUT2D eigenvalue weighted by atomic mass is 10.1. The highest BCUT2D eigenvalue weighted by Gasteiger charge is 2.11. The van der Waals surface area contributed by atoms with Gasteiger partial charge in [0.15, 0.2) is 0 Å². The van der Waals surface area contributed by atoms with Gasteiger partial charge >= 0.3 is 0 Å². The van der Waals surface area contributed by atoms with Crippen LogP contribution < -0.4 is 4.74 Å². The average Bonchev–Trinajstić information content (AvgIpc) is 2.56. The van der Waals surface area contributed by atoms with Crippen LogP contribution in [-0.2, 0) is 0 Å². The van der Waals surface area contributed by atoms with Crippen molar-refractivity contribution >= 4 is 5.78 Å². The van der Waals surface area contributed by atoms with Crippen LogP contribution in [0.25, 0.3) is 0 Å². The standard InChI is InChI=1S/C19H15NO2/c1-14-10-11-18(20-13-14)19(21)15-6-5-9-17(12-15)22-16-7-3-2-4-8-16/h2-13H,1H3. The Morgan fingerprint density at radius 3 is 2.41 bits per heavy atom. The number of hydrogen-bond acceptors (Lipinski definition) is 3. The predicted octanol–water partition coefficient (Wildman–Crippen LogP) is 4.41. The molecule has 1 heterocycles. The van der Waals surface area contributed by atoms with Crippen LogP contribution in [0.5, 0.6) is 11.5 Å². The molecular weight excluding hydrogens is 274 g/mol. The second-order valence-electron chi connectivity index (χ2n) is 4.99. The number of para-hydroxylation sites is 1. The van der Waals surface area contributed by atoms with Gasteiger partial charge in [0.1, 0.15) is 17.2 Å². The van der Waals surface area contributed by atoms with E-state index in [0.717, 1.165) is 11.3 Å². The molecule has 3 aromatic rings. The maximum atomic E-state index is 12.4. The molecule has 0 aliphatic heterocycles. The van der Waals surface area contributed by atoms with E-state index in [9.17, 15) is 4.79 Å². The monoisotopic (exact) mass is 289 g/mol. The van der Waals surface area contributed by atoms with Gasteiger partial charge in [0.25, 0.3) is 0 Å². The number of pyridine rings is 1. The van der Waals surface area contributed by atoms with Crippen LogP contribution in [0, 0.1) is 6.92 Å². The summed E-state index contributed by atoms with van der Waals surface area (Å²) in [5.74, 6) is 1.25. The molecule has 0 aliphatic rings. The van der Waals surface area contributed by atoms with Gasteiger partial charge in [-0.2, -0.15) is 0 Å². The van der Waals surface area contributed by atoms with Crippen molar-refractivity contribution in [2.24, 2.45) is 0 Å². The zero-order valence-electron chi connectivity index (χ0n) is 12.2. The summed E-state index contributed by atoms with van der Waals surface area (Å²) in [5, 5.41) is 0. The van der Waals surface area contributed by atoms with Gasteiger partial charge < -0.3 is 4.74 Å². The molecule has 3 nitrogen and oxygen atoms in total. The number of ether oxygens (including phenoxy) is 1. The topological polar surface area (TPSA) is 39.2 Å². The van der Waals surface area contributed by atoms with Crippen LogP contribution in [0.15, 0.2) is 72.9 Å². The zero-order chi connectivity index (χ0) is 15.4. The molecule has 1 aromatic heterocycles. The van der Waals surface area contributed by atoms with Crippen LogP contribution in [0.1, 0.15) is 21.6 Å². The van der Waals surface area contributed by atoms with Gasteiger partial charge in [0.05, 0.1) is 0 Å². The van der Waals surface area contributed by atoms with E-state index in [0.29, 0.717) is 17.0 Å². The Hall–Kier alpha value is -2.94. The van der Waals surface area contributed by atoms with Crippen molar-refractivity contribution in [1.82, 2.24) is 4.98 Å². The lowest BCUT2D eigenvalue weighted by Crippen LogP contribution is -2.04. The third-order valence-corrected chi connectivity index (χ3v) is 3.22. The van der Waals surface area contributed by atoms with E-state index in [4.69, 9.17) is 4.74 Å². The van der Waals surface area contributed by atoms with E-state index in [-0.39, 0.29) is 5.78 Å². The number of rotatable bonds is 4. The van der Waals surface area contributed by atoms with E-state index < -0.39 is 0 Å². The van der Waals surface area contributed by atoms with E-state index in [1.165, 1.54) is 0 Å². The molecule has 0 amide bonds. The SMILES string of the molecule is Cc1ccc(C(=O)c2cccc(Oc3ccccc3)c2)nc1. The summed E-state index contributed by atoms with van der Waals surface area (Å²) in [6, 6.07) is 20.2. The molecule has 0 saturated carbocycles. The summed E-state index contributed by atoms with van der Waals surface area (Å²) >= 11 is 0. The molecule has 3 rings (SSSR count). The van der Waals surface area contributed by atoms with Crippen LogP contribution in [0.2, 0.25) is 0 Å². The zero-order valence-corrected chi connectivity index (χ0v) is 12.2. The average molecular weight is 289 g/mol. The Bertz CT molecular complexity index is 780. The molecule has 0 fully saturated rings. The van der Waals surface area contributed by atoms with Gasteiger partial charge in [-0.1, -0.05) is 36.4 Å². The first-order chi connectivity index (χ1) is 10.7. The lowest BCUT2D eigenvalue weighted by Gasteiger charge is -2.07. The van der Waals surface area contributed by atoms with E-state index >= 15 is 0 Å². The molecule has 0 N–H and O–H groups in total. The van der Waals surface area contributed by atoms with Crippen LogP contribution in [0.3, 0.4) is 0 Å². The fourth-order valence-corrected chi connectivity index (χ4v) is 2.08. The molecule has 0 saturated heterocycles. The summed E-state index contributed by atoms with van der Waals surface area (Å²) in [7, 11) is 0. The molecular formula is C19H15NO2. The summed E-state index contributed by atoms with van der Waals surface area (Å²) in [5.41, 5.74) is 2.02. The summed E-state index contributed by atoms with van der Waals surface area (Å²) in [6.07, 6.45) is 1.69. The first-order valence-corrected chi connectivity index (χ1v) is 7.03. The van der Waals surface area contributed by atoms with Crippen molar-refractivity contribution in [3.8, 4) is 11.5 Å². The third kappa shape index (κ3) is 3.20. The first-order valence-electron chi connectivity index (χ1n) is 7.03. The fraction of sp³-hybridized carbons (Fsp3) is 0.0526. The Morgan fingerprint density at radius 2 is 1.68 bits per heavy atom. The van der Waals surface area contributed by atoms with Crippen LogP contribution >= 0.6 is 0 Å². The van der Waals surface area contributed by atoms with Gasteiger partial charge in [-0.3, -0.25) is 9.78 Å². The maximum Gasteiger partial charge on any atom is 0.211 e. The van der Waals surface area contributed by atoms with Crippen molar-refractivity contribution in [3.05, 3.63) is 89.7 Å². The quantitative estimate of drug-likeness (QED) is 0.668. The maximum absolute atomic E-state index is 12.4. The Morgan fingerprint density at radius 1 is 0.909 bits per heavy atom. The Kier molecular flexibility index (Phi) is 3.97. The number of ketones is 1. The molecule has 0 aliphatic carbocycles. The molecule has 0 radical (unpaired) electrons. The highest BCUT2D eigenvalue weighted by Crippen LogP contribution is 2.22. The van der Waals surface area contributed by atoms with Crippen LogP contribution in [0.4, 0.5) is 0 Å². The number of hydrogen-bond donors (Lipinski definition) is 0. The molecule has 0 bridgehead atoms. The Balaban J connectivity index is 1.84. The molecule has 0 spiro atoms. The number of aryl methyl sites for hydroxylation is 1. The minimum absolute atomic E-state index is 0.112. The van der Waals surface area contributed by atoms with Gasteiger partial charge in [-0.15, -0.1) is 0 Å². The normalized spacial score (nSPS) is 10.2.